The summed E-state index contributed by atoms with van der Waals surface area (Å²) in [7, 11) is 3.19. The van der Waals surface area contributed by atoms with Gasteiger partial charge in [0.15, 0.2) is 11.5 Å². The summed E-state index contributed by atoms with van der Waals surface area (Å²) >= 11 is 0. The molecular weight excluding hydrogens is 266 g/mol. The Balaban J connectivity index is 2.20. The van der Waals surface area contributed by atoms with E-state index in [4.69, 9.17) is 19.5 Å². The van der Waals surface area contributed by atoms with E-state index in [0.717, 1.165) is 16.9 Å². The third kappa shape index (κ3) is 3.46. The van der Waals surface area contributed by atoms with Crippen LogP contribution in [0.25, 0.3) is 0 Å². The topological polar surface area (TPSA) is 51.5 Å². The highest BCUT2D eigenvalue weighted by molar-refractivity contribution is 5.47. The smallest absolute Gasteiger partial charge is 0.162 e. The minimum atomic E-state index is 0.368. The molecule has 108 valence electrons. The highest BCUT2D eigenvalue weighted by Crippen LogP contribution is 2.30. The van der Waals surface area contributed by atoms with Crippen molar-refractivity contribution in [3.8, 4) is 23.3 Å². The van der Waals surface area contributed by atoms with Gasteiger partial charge in [-0.05, 0) is 31.2 Å². The van der Waals surface area contributed by atoms with E-state index in [9.17, 15) is 0 Å². The van der Waals surface area contributed by atoms with Crippen molar-refractivity contribution in [2.75, 3.05) is 14.2 Å². The van der Waals surface area contributed by atoms with Gasteiger partial charge in [0.2, 0.25) is 0 Å². The fourth-order valence-corrected chi connectivity index (χ4v) is 2.03. The number of hydrogen-bond acceptors (Lipinski definition) is 4. The average molecular weight is 283 g/mol. The number of aryl methyl sites for hydroxylation is 1. The van der Waals surface area contributed by atoms with Gasteiger partial charge in [0, 0.05) is 11.6 Å². The van der Waals surface area contributed by atoms with Crippen LogP contribution in [0.4, 0.5) is 0 Å². The van der Waals surface area contributed by atoms with E-state index in [1.165, 1.54) is 0 Å². The predicted octanol–water partition coefficient (Wildman–Crippen LogP) is 3.46. The van der Waals surface area contributed by atoms with Crippen LogP contribution in [0.5, 0.6) is 17.2 Å². The van der Waals surface area contributed by atoms with E-state index >= 15 is 0 Å². The number of benzene rings is 2. The Labute approximate surface area is 124 Å². The molecule has 0 atom stereocenters. The molecule has 0 aliphatic rings. The van der Waals surface area contributed by atoms with Crippen molar-refractivity contribution in [3.63, 3.8) is 0 Å². The van der Waals surface area contributed by atoms with Crippen LogP contribution in [0.2, 0.25) is 0 Å². The molecule has 0 amide bonds. The van der Waals surface area contributed by atoms with E-state index < -0.39 is 0 Å². The zero-order chi connectivity index (χ0) is 15.2. The first-order chi connectivity index (χ1) is 10.2. The third-order valence-electron chi connectivity index (χ3n) is 3.11. The maximum absolute atomic E-state index is 8.89. The van der Waals surface area contributed by atoms with Crippen LogP contribution >= 0.6 is 0 Å². The highest BCUT2D eigenvalue weighted by Gasteiger charge is 2.08. The van der Waals surface area contributed by atoms with E-state index in [1.807, 2.05) is 25.1 Å². The van der Waals surface area contributed by atoms with E-state index in [0.29, 0.717) is 23.7 Å². The number of nitrogens with zero attached hydrogens (tertiary/aromatic N) is 1. The summed E-state index contributed by atoms with van der Waals surface area (Å²) in [6, 6.07) is 13.1. The molecule has 0 radical (unpaired) electrons. The van der Waals surface area contributed by atoms with Crippen molar-refractivity contribution in [1.29, 1.82) is 5.26 Å². The van der Waals surface area contributed by atoms with E-state index in [-0.39, 0.29) is 0 Å². The zero-order valence-corrected chi connectivity index (χ0v) is 12.3. The van der Waals surface area contributed by atoms with Gasteiger partial charge in [-0.3, -0.25) is 0 Å². The van der Waals surface area contributed by atoms with Gasteiger partial charge in [0.1, 0.15) is 12.4 Å². The maximum Gasteiger partial charge on any atom is 0.162 e. The van der Waals surface area contributed by atoms with Crippen molar-refractivity contribution >= 4 is 0 Å². The van der Waals surface area contributed by atoms with Gasteiger partial charge in [-0.25, -0.2) is 0 Å². The predicted molar refractivity (Wildman–Crippen MR) is 79.8 cm³/mol. The summed E-state index contributed by atoms with van der Waals surface area (Å²) in [6.45, 7) is 2.39. The van der Waals surface area contributed by atoms with Crippen molar-refractivity contribution in [2.24, 2.45) is 0 Å². The molecule has 4 heteroatoms. The maximum atomic E-state index is 8.89. The summed E-state index contributed by atoms with van der Waals surface area (Å²) in [6.07, 6.45) is 0. The Kier molecular flexibility index (Phi) is 4.68. The van der Waals surface area contributed by atoms with Crippen molar-refractivity contribution in [3.05, 3.63) is 53.1 Å². The molecule has 0 bridgehead atoms. The number of nitriles is 1. The lowest BCUT2D eigenvalue weighted by Gasteiger charge is -2.13. The average Bonchev–Trinajstić information content (AvgIpc) is 2.52. The van der Waals surface area contributed by atoms with Crippen LogP contribution < -0.4 is 14.2 Å². The van der Waals surface area contributed by atoms with Crippen molar-refractivity contribution < 1.29 is 14.2 Å². The molecule has 0 fully saturated rings. The summed E-state index contributed by atoms with van der Waals surface area (Å²) in [5, 5.41) is 8.89. The SMILES string of the molecule is COc1ccc(C)cc1COc1ccc(C#N)cc1OC. The largest absolute Gasteiger partial charge is 0.496 e. The molecule has 0 unspecified atom stereocenters. The van der Waals surface area contributed by atoms with Crippen LogP contribution in [0.3, 0.4) is 0 Å². The Morgan fingerprint density at radius 1 is 0.952 bits per heavy atom. The minimum absolute atomic E-state index is 0.368. The Hall–Kier alpha value is -2.67. The molecule has 4 nitrogen and oxygen atoms in total. The Bertz CT molecular complexity index is 674. The molecule has 0 aromatic heterocycles. The molecule has 0 spiro atoms. The van der Waals surface area contributed by atoms with Gasteiger partial charge in [0.25, 0.3) is 0 Å². The van der Waals surface area contributed by atoms with Gasteiger partial charge in [-0.2, -0.15) is 5.26 Å². The quantitative estimate of drug-likeness (QED) is 0.843. The third-order valence-corrected chi connectivity index (χ3v) is 3.11. The van der Waals surface area contributed by atoms with E-state index in [1.54, 1.807) is 32.4 Å². The molecule has 2 aromatic carbocycles. The number of rotatable bonds is 5. The number of ether oxygens (including phenoxy) is 3. The lowest BCUT2D eigenvalue weighted by molar-refractivity contribution is 0.278. The van der Waals surface area contributed by atoms with E-state index in [2.05, 4.69) is 6.07 Å². The fourth-order valence-electron chi connectivity index (χ4n) is 2.03. The first kappa shape index (κ1) is 14.7. The molecule has 0 saturated carbocycles. The second kappa shape index (κ2) is 6.67. The van der Waals surface area contributed by atoms with Crippen LogP contribution in [-0.2, 0) is 6.61 Å². The fraction of sp³-hybridized carbons (Fsp3) is 0.235. The first-order valence-corrected chi connectivity index (χ1v) is 6.52. The highest BCUT2D eigenvalue weighted by atomic mass is 16.5. The lowest BCUT2D eigenvalue weighted by atomic mass is 10.1. The molecule has 0 saturated heterocycles. The molecular formula is C17H17NO3. The summed E-state index contributed by atoms with van der Waals surface area (Å²) in [5.41, 5.74) is 2.64. The van der Waals surface area contributed by atoms with Gasteiger partial charge in [0.05, 0.1) is 25.9 Å². The summed E-state index contributed by atoms with van der Waals surface area (Å²) in [4.78, 5) is 0. The molecule has 2 aromatic rings. The van der Waals surface area contributed by atoms with Gasteiger partial charge >= 0.3 is 0 Å². The molecule has 0 N–H and O–H groups in total. The second-order valence-corrected chi connectivity index (χ2v) is 4.58. The lowest BCUT2D eigenvalue weighted by Crippen LogP contribution is -2.01. The molecule has 21 heavy (non-hydrogen) atoms. The molecule has 2 rings (SSSR count). The minimum Gasteiger partial charge on any atom is -0.496 e. The van der Waals surface area contributed by atoms with Crippen molar-refractivity contribution in [1.82, 2.24) is 0 Å². The monoisotopic (exact) mass is 283 g/mol. The Morgan fingerprint density at radius 3 is 2.33 bits per heavy atom. The van der Waals surface area contributed by atoms with Gasteiger partial charge in [-0.15, -0.1) is 0 Å². The molecule has 0 aliphatic heterocycles. The molecule has 0 aliphatic carbocycles. The standard InChI is InChI=1S/C17H17NO3/c1-12-4-6-15(19-2)14(8-12)11-21-16-7-5-13(10-18)9-17(16)20-3/h4-9H,11H2,1-3H3. The van der Waals surface area contributed by atoms with Crippen LogP contribution in [0.1, 0.15) is 16.7 Å². The Morgan fingerprint density at radius 2 is 1.67 bits per heavy atom. The van der Waals surface area contributed by atoms with Gasteiger partial charge in [-0.1, -0.05) is 11.6 Å². The van der Waals surface area contributed by atoms with Crippen LogP contribution in [0, 0.1) is 18.3 Å². The first-order valence-electron chi connectivity index (χ1n) is 6.52. The zero-order valence-electron chi connectivity index (χ0n) is 12.3. The summed E-state index contributed by atoms with van der Waals surface area (Å²) < 4.78 is 16.4. The second-order valence-electron chi connectivity index (χ2n) is 4.58. The number of hydrogen-bond donors (Lipinski definition) is 0. The van der Waals surface area contributed by atoms with Crippen LogP contribution in [0.15, 0.2) is 36.4 Å². The molecule has 0 heterocycles. The van der Waals surface area contributed by atoms with Crippen LogP contribution in [-0.4, -0.2) is 14.2 Å². The van der Waals surface area contributed by atoms with Crippen molar-refractivity contribution in [2.45, 2.75) is 13.5 Å². The van der Waals surface area contributed by atoms with Gasteiger partial charge < -0.3 is 14.2 Å². The normalized spacial score (nSPS) is 9.81. The summed E-state index contributed by atoms with van der Waals surface area (Å²) in [5.74, 6) is 1.92. The number of methoxy groups -OCH3 is 2.